The number of nitrogens with one attached hydrogen (secondary N) is 1. The van der Waals surface area contributed by atoms with E-state index in [1.165, 1.54) is 6.42 Å². The summed E-state index contributed by atoms with van der Waals surface area (Å²) >= 11 is 0. The van der Waals surface area contributed by atoms with Crippen molar-refractivity contribution in [3.63, 3.8) is 0 Å². The van der Waals surface area contributed by atoms with Crippen LogP contribution in [-0.4, -0.2) is 28.2 Å². The molecule has 26 heavy (non-hydrogen) atoms. The highest BCUT2D eigenvalue weighted by atomic mass is 16.5. The van der Waals surface area contributed by atoms with Gasteiger partial charge in [-0.15, -0.1) is 0 Å². The fourth-order valence-corrected chi connectivity index (χ4v) is 3.80. The topological polar surface area (TPSA) is 73.1 Å². The molecule has 2 aliphatic rings. The Kier molecular flexibility index (Phi) is 3.71. The van der Waals surface area contributed by atoms with Crippen molar-refractivity contribution in [1.82, 2.24) is 20.4 Å². The van der Waals surface area contributed by atoms with Crippen LogP contribution in [0.5, 0.6) is 5.75 Å². The summed E-state index contributed by atoms with van der Waals surface area (Å²) in [4.78, 5) is 8.75. The van der Waals surface area contributed by atoms with Crippen molar-refractivity contribution >= 4 is 0 Å². The third-order valence-corrected chi connectivity index (χ3v) is 5.43. The van der Waals surface area contributed by atoms with Crippen molar-refractivity contribution in [2.45, 2.75) is 25.4 Å². The molecule has 6 heteroatoms. The molecule has 0 radical (unpaired) electrons. The summed E-state index contributed by atoms with van der Waals surface area (Å²) in [6, 6.07) is 11.7. The lowest BCUT2D eigenvalue weighted by Gasteiger charge is -2.06. The van der Waals surface area contributed by atoms with Gasteiger partial charge in [0, 0.05) is 36.0 Å². The Labute approximate surface area is 151 Å². The average molecular weight is 348 g/mol. The first kappa shape index (κ1) is 15.5. The van der Waals surface area contributed by atoms with E-state index >= 15 is 0 Å². The molecule has 3 aromatic rings. The van der Waals surface area contributed by atoms with Gasteiger partial charge in [0.15, 0.2) is 0 Å². The molecule has 132 valence electrons. The summed E-state index contributed by atoms with van der Waals surface area (Å²) in [5.74, 6) is 2.58. The van der Waals surface area contributed by atoms with Crippen LogP contribution in [0.4, 0.5) is 0 Å². The number of rotatable bonds is 5. The van der Waals surface area contributed by atoms with Crippen LogP contribution >= 0.6 is 0 Å². The van der Waals surface area contributed by atoms with E-state index < -0.39 is 0 Å². The molecule has 1 aliphatic carbocycles. The monoisotopic (exact) mass is 348 g/mol. The Morgan fingerprint density at radius 1 is 1.27 bits per heavy atom. The largest absolute Gasteiger partial charge is 0.489 e. The van der Waals surface area contributed by atoms with Crippen LogP contribution in [0.3, 0.4) is 0 Å². The van der Waals surface area contributed by atoms with E-state index in [1.54, 1.807) is 12.4 Å². The predicted octanol–water partition coefficient (Wildman–Crippen LogP) is 3.18. The van der Waals surface area contributed by atoms with E-state index in [2.05, 4.69) is 20.4 Å². The number of hydrogen-bond acceptors (Lipinski definition) is 6. The molecular weight excluding hydrogens is 328 g/mol. The van der Waals surface area contributed by atoms with Crippen LogP contribution in [0, 0.1) is 5.41 Å². The van der Waals surface area contributed by atoms with E-state index in [0.29, 0.717) is 23.8 Å². The highest BCUT2D eigenvalue weighted by molar-refractivity contribution is 5.57. The Morgan fingerprint density at radius 3 is 3.12 bits per heavy atom. The van der Waals surface area contributed by atoms with Crippen LogP contribution in [0.2, 0.25) is 0 Å². The van der Waals surface area contributed by atoms with Crippen molar-refractivity contribution in [3.8, 4) is 17.1 Å². The van der Waals surface area contributed by atoms with Gasteiger partial charge in [-0.3, -0.25) is 4.98 Å². The maximum atomic E-state index is 5.86. The van der Waals surface area contributed by atoms with Gasteiger partial charge >= 0.3 is 0 Å². The van der Waals surface area contributed by atoms with Gasteiger partial charge in [-0.05, 0) is 43.0 Å². The lowest BCUT2D eigenvalue weighted by atomic mass is 10.0. The van der Waals surface area contributed by atoms with Crippen molar-refractivity contribution in [2.24, 2.45) is 5.41 Å². The normalized spacial score (nSPS) is 24.1. The van der Waals surface area contributed by atoms with Gasteiger partial charge in [-0.2, -0.15) is 4.98 Å². The lowest BCUT2D eigenvalue weighted by molar-refractivity contribution is 0.306. The molecule has 0 amide bonds. The number of pyridine rings is 1. The molecule has 6 nitrogen and oxygen atoms in total. The van der Waals surface area contributed by atoms with Crippen LogP contribution in [0.25, 0.3) is 11.4 Å². The van der Waals surface area contributed by atoms with Crippen molar-refractivity contribution in [3.05, 3.63) is 60.2 Å². The second kappa shape index (κ2) is 6.21. The highest BCUT2D eigenvalue weighted by Gasteiger charge is 2.58. The first-order chi connectivity index (χ1) is 12.8. The van der Waals surface area contributed by atoms with Crippen LogP contribution in [0.1, 0.15) is 30.2 Å². The second-order valence-corrected chi connectivity index (χ2v) is 7.18. The Morgan fingerprint density at radius 2 is 2.27 bits per heavy atom. The summed E-state index contributed by atoms with van der Waals surface area (Å²) in [7, 11) is 0. The molecule has 2 fully saturated rings. The van der Waals surface area contributed by atoms with Crippen LogP contribution < -0.4 is 10.1 Å². The number of benzene rings is 1. The third-order valence-electron chi connectivity index (χ3n) is 5.43. The van der Waals surface area contributed by atoms with Gasteiger partial charge in [0.2, 0.25) is 11.7 Å². The molecule has 1 N–H and O–H groups in total. The molecule has 1 aliphatic heterocycles. The van der Waals surface area contributed by atoms with Gasteiger partial charge in [0.25, 0.3) is 0 Å². The zero-order valence-electron chi connectivity index (χ0n) is 14.4. The zero-order valence-corrected chi connectivity index (χ0v) is 14.4. The van der Waals surface area contributed by atoms with Gasteiger partial charge < -0.3 is 14.6 Å². The predicted molar refractivity (Wildman–Crippen MR) is 95.6 cm³/mol. The molecule has 2 unspecified atom stereocenters. The summed E-state index contributed by atoms with van der Waals surface area (Å²) < 4.78 is 11.4. The molecule has 5 rings (SSSR count). The zero-order chi connectivity index (χ0) is 17.4. The maximum absolute atomic E-state index is 5.86. The van der Waals surface area contributed by atoms with Gasteiger partial charge in [0.05, 0.1) is 0 Å². The summed E-state index contributed by atoms with van der Waals surface area (Å²) in [5.41, 5.74) is 2.30. The van der Waals surface area contributed by atoms with E-state index in [-0.39, 0.29) is 0 Å². The summed E-state index contributed by atoms with van der Waals surface area (Å²) in [6.45, 7) is 2.63. The van der Waals surface area contributed by atoms with E-state index in [9.17, 15) is 0 Å². The minimum atomic E-state index is 0.360. The third kappa shape index (κ3) is 2.86. The molecule has 1 saturated heterocycles. The fraction of sp³-hybridized carbons (Fsp3) is 0.350. The average Bonchev–Trinajstić information content (AvgIpc) is 3.04. The lowest BCUT2D eigenvalue weighted by Crippen LogP contribution is -2.10. The van der Waals surface area contributed by atoms with Crippen LogP contribution in [-0.2, 0) is 6.61 Å². The molecule has 3 heterocycles. The number of hydrogen-bond donors (Lipinski definition) is 1. The maximum Gasteiger partial charge on any atom is 0.230 e. The Balaban J connectivity index is 1.30. The van der Waals surface area contributed by atoms with E-state index in [4.69, 9.17) is 9.26 Å². The van der Waals surface area contributed by atoms with Crippen LogP contribution in [0.15, 0.2) is 53.3 Å². The van der Waals surface area contributed by atoms with E-state index in [0.717, 1.165) is 42.3 Å². The molecule has 1 spiro atoms. The number of aromatic nitrogens is 3. The van der Waals surface area contributed by atoms with E-state index in [1.807, 2.05) is 36.4 Å². The highest BCUT2D eigenvalue weighted by Crippen LogP contribution is 2.62. The SMILES string of the molecule is c1cncc(COc2cccc(-c3noc(C4CC45CCNC5)n3)c2)c1. The molecule has 1 aromatic carbocycles. The summed E-state index contributed by atoms with van der Waals surface area (Å²) in [5, 5.41) is 7.63. The first-order valence-electron chi connectivity index (χ1n) is 8.99. The second-order valence-electron chi connectivity index (χ2n) is 7.18. The molecule has 1 saturated carbocycles. The Hall–Kier alpha value is -2.73. The minimum absolute atomic E-state index is 0.360. The van der Waals surface area contributed by atoms with Gasteiger partial charge in [-0.25, -0.2) is 0 Å². The molecule has 2 aromatic heterocycles. The molecule has 2 atom stereocenters. The number of ether oxygens (including phenoxy) is 1. The van der Waals surface area contributed by atoms with Crippen molar-refractivity contribution in [2.75, 3.05) is 13.1 Å². The summed E-state index contributed by atoms with van der Waals surface area (Å²) in [6.07, 6.45) is 5.91. The van der Waals surface area contributed by atoms with Crippen molar-refractivity contribution in [1.29, 1.82) is 0 Å². The van der Waals surface area contributed by atoms with Gasteiger partial charge in [-0.1, -0.05) is 23.4 Å². The smallest absolute Gasteiger partial charge is 0.230 e. The molecule has 0 bridgehead atoms. The quantitative estimate of drug-likeness (QED) is 0.763. The minimum Gasteiger partial charge on any atom is -0.489 e. The van der Waals surface area contributed by atoms with Crippen molar-refractivity contribution < 1.29 is 9.26 Å². The van der Waals surface area contributed by atoms with Gasteiger partial charge in [0.1, 0.15) is 12.4 Å². The Bertz CT molecular complexity index is 903. The fourth-order valence-electron chi connectivity index (χ4n) is 3.80. The first-order valence-corrected chi connectivity index (χ1v) is 8.99. The standard InChI is InChI=1S/C20H20N4O2/c1-4-15(9-16(5-1)25-12-14-3-2-7-21-11-14)18-23-19(26-24-18)17-10-20(17)6-8-22-13-20/h1-5,7,9,11,17,22H,6,8,10,12-13H2. The number of nitrogens with zero attached hydrogens (tertiary/aromatic N) is 3. The molecular formula is C20H20N4O2.